The Labute approximate surface area is 123 Å². The van der Waals surface area contributed by atoms with E-state index in [0.717, 1.165) is 0 Å². The van der Waals surface area contributed by atoms with Gasteiger partial charge in [-0.1, -0.05) is 12.1 Å². The van der Waals surface area contributed by atoms with Crippen molar-refractivity contribution in [3.05, 3.63) is 24.3 Å². The van der Waals surface area contributed by atoms with Gasteiger partial charge < -0.3 is 25.0 Å². The number of hydrogen-bond acceptors (Lipinski definition) is 5. The number of aliphatic hydroxyl groups excluding tert-OH is 2. The van der Waals surface area contributed by atoms with Gasteiger partial charge in [0.05, 0.1) is 13.2 Å². The van der Waals surface area contributed by atoms with Crippen LogP contribution in [0.25, 0.3) is 0 Å². The standard InChI is InChI=1S/C15H21NO5/c1-20-13-4-2-3-5-14(13)21-9-15(19)16-11-6-10(8-17)12(18)7-11/h2-5,10-12,17-18H,6-9H2,1H3,(H,16,19)/t10-,11+,12+/m1/s1. The Balaban J connectivity index is 1.80. The van der Waals surface area contributed by atoms with Crippen LogP contribution < -0.4 is 14.8 Å². The summed E-state index contributed by atoms with van der Waals surface area (Å²) in [7, 11) is 1.54. The molecule has 1 saturated carbocycles. The van der Waals surface area contributed by atoms with Gasteiger partial charge in [-0.15, -0.1) is 0 Å². The predicted molar refractivity (Wildman–Crippen MR) is 76.2 cm³/mol. The number of amides is 1. The topological polar surface area (TPSA) is 88.0 Å². The Morgan fingerprint density at radius 1 is 1.33 bits per heavy atom. The van der Waals surface area contributed by atoms with Crippen LogP contribution in [-0.4, -0.2) is 48.6 Å². The maximum Gasteiger partial charge on any atom is 0.258 e. The zero-order valence-corrected chi connectivity index (χ0v) is 12.0. The van der Waals surface area contributed by atoms with Crippen LogP contribution in [0.2, 0.25) is 0 Å². The largest absolute Gasteiger partial charge is 0.493 e. The lowest BCUT2D eigenvalue weighted by Gasteiger charge is -2.14. The molecule has 0 aliphatic heterocycles. The molecule has 1 aliphatic rings. The van der Waals surface area contributed by atoms with Crippen LogP contribution in [0.1, 0.15) is 12.8 Å². The molecule has 0 bridgehead atoms. The van der Waals surface area contributed by atoms with E-state index in [4.69, 9.17) is 14.6 Å². The lowest BCUT2D eigenvalue weighted by Crippen LogP contribution is -2.36. The van der Waals surface area contributed by atoms with Crippen molar-refractivity contribution in [1.82, 2.24) is 5.32 Å². The van der Waals surface area contributed by atoms with Crippen molar-refractivity contribution < 1.29 is 24.5 Å². The number of benzene rings is 1. The van der Waals surface area contributed by atoms with E-state index in [1.54, 1.807) is 18.2 Å². The fraction of sp³-hybridized carbons (Fsp3) is 0.533. The lowest BCUT2D eigenvalue weighted by atomic mass is 10.1. The first-order valence-electron chi connectivity index (χ1n) is 6.98. The summed E-state index contributed by atoms with van der Waals surface area (Å²) < 4.78 is 10.6. The van der Waals surface area contributed by atoms with Crippen molar-refractivity contribution >= 4 is 5.91 Å². The number of para-hydroxylation sites is 2. The quantitative estimate of drug-likeness (QED) is 0.703. The molecule has 1 amide bonds. The van der Waals surface area contributed by atoms with Gasteiger partial charge in [-0.2, -0.15) is 0 Å². The minimum absolute atomic E-state index is 0.0642. The molecule has 2 rings (SSSR count). The van der Waals surface area contributed by atoms with Crippen LogP contribution >= 0.6 is 0 Å². The van der Waals surface area contributed by atoms with Gasteiger partial charge in [0, 0.05) is 18.6 Å². The third-order valence-corrected chi connectivity index (χ3v) is 3.68. The maximum atomic E-state index is 11.9. The van der Waals surface area contributed by atoms with Crippen molar-refractivity contribution in [2.24, 2.45) is 5.92 Å². The number of rotatable bonds is 6. The molecule has 1 aliphatic carbocycles. The molecule has 3 N–H and O–H groups in total. The Bertz CT molecular complexity index is 479. The molecule has 116 valence electrons. The molecule has 0 unspecified atom stereocenters. The van der Waals surface area contributed by atoms with Crippen LogP contribution in [0.15, 0.2) is 24.3 Å². The van der Waals surface area contributed by atoms with Crippen LogP contribution in [0.5, 0.6) is 11.5 Å². The molecule has 1 fully saturated rings. The van der Waals surface area contributed by atoms with Gasteiger partial charge in [0.1, 0.15) is 0 Å². The highest BCUT2D eigenvalue weighted by Gasteiger charge is 2.33. The van der Waals surface area contributed by atoms with Crippen molar-refractivity contribution in [3.63, 3.8) is 0 Å². The summed E-state index contributed by atoms with van der Waals surface area (Å²) in [6.45, 7) is -0.179. The number of hydrogen-bond donors (Lipinski definition) is 3. The molecule has 1 aromatic carbocycles. The van der Waals surface area contributed by atoms with Crippen molar-refractivity contribution in [2.45, 2.75) is 25.0 Å². The minimum atomic E-state index is -0.560. The normalized spacial score (nSPS) is 24.6. The minimum Gasteiger partial charge on any atom is -0.493 e. The van der Waals surface area contributed by atoms with Gasteiger partial charge in [-0.05, 0) is 25.0 Å². The summed E-state index contributed by atoms with van der Waals surface area (Å²) in [4.78, 5) is 11.9. The molecule has 0 spiro atoms. The Hall–Kier alpha value is -1.79. The maximum absolute atomic E-state index is 11.9. The number of carbonyl (C=O) groups is 1. The van der Waals surface area contributed by atoms with E-state index >= 15 is 0 Å². The van der Waals surface area contributed by atoms with Gasteiger partial charge in [-0.25, -0.2) is 0 Å². The van der Waals surface area contributed by atoms with Gasteiger partial charge in [-0.3, -0.25) is 4.79 Å². The van der Waals surface area contributed by atoms with E-state index in [1.807, 2.05) is 6.07 Å². The van der Waals surface area contributed by atoms with Gasteiger partial charge in [0.15, 0.2) is 18.1 Å². The SMILES string of the molecule is COc1ccccc1OCC(=O)N[C@H]1C[C@H](CO)[C@@H](O)C1. The van der Waals surface area contributed by atoms with Gasteiger partial charge in [0.25, 0.3) is 5.91 Å². The first-order valence-corrected chi connectivity index (χ1v) is 6.98. The number of ether oxygens (including phenoxy) is 2. The fourth-order valence-electron chi connectivity index (χ4n) is 2.57. The number of aliphatic hydroxyl groups is 2. The highest BCUT2D eigenvalue weighted by molar-refractivity contribution is 5.78. The van der Waals surface area contributed by atoms with E-state index in [-0.39, 0.29) is 31.1 Å². The molecule has 6 heteroatoms. The molecule has 21 heavy (non-hydrogen) atoms. The second-order valence-corrected chi connectivity index (χ2v) is 5.19. The smallest absolute Gasteiger partial charge is 0.258 e. The molecule has 0 saturated heterocycles. The molecule has 1 aromatic rings. The van der Waals surface area contributed by atoms with Crippen LogP contribution in [0.4, 0.5) is 0 Å². The summed E-state index contributed by atoms with van der Waals surface area (Å²) in [5, 5.41) is 21.6. The zero-order chi connectivity index (χ0) is 15.2. The molecule has 6 nitrogen and oxygen atoms in total. The molecule has 3 atom stereocenters. The Morgan fingerprint density at radius 3 is 2.67 bits per heavy atom. The number of methoxy groups -OCH3 is 1. The Morgan fingerprint density at radius 2 is 2.05 bits per heavy atom. The summed E-state index contributed by atoms with van der Waals surface area (Å²) in [5.74, 6) is 0.666. The third kappa shape index (κ3) is 4.09. The first kappa shape index (κ1) is 15.6. The van der Waals surface area contributed by atoms with E-state index in [1.165, 1.54) is 7.11 Å². The number of carbonyl (C=O) groups excluding carboxylic acids is 1. The highest BCUT2D eigenvalue weighted by Crippen LogP contribution is 2.27. The monoisotopic (exact) mass is 295 g/mol. The van der Waals surface area contributed by atoms with E-state index in [0.29, 0.717) is 24.3 Å². The second kappa shape index (κ2) is 7.28. The Kier molecular flexibility index (Phi) is 5.41. The molecule has 0 heterocycles. The van der Waals surface area contributed by atoms with E-state index in [9.17, 15) is 9.90 Å². The summed E-state index contributed by atoms with van der Waals surface area (Å²) in [6.07, 6.45) is 0.486. The average Bonchev–Trinajstić information content (AvgIpc) is 2.85. The number of nitrogens with one attached hydrogen (secondary N) is 1. The molecular weight excluding hydrogens is 274 g/mol. The molecule has 0 radical (unpaired) electrons. The summed E-state index contributed by atoms with van der Waals surface area (Å²) in [5.41, 5.74) is 0. The van der Waals surface area contributed by atoms with Crippen molar-refractivity contribution in [3.8, 4) is 11.5 Å². The van der Waals surface area contributed by atoms with Gasteiger partial charge >= 0.3 is 0 Å². The summed E-state index contributed by atoms with van der Waals surface area (Å²) in [6, 6.07) is 6.99. The van der Waals surface area contributed by atoms with Crippen LogP contribution in [-0.2, 0) is 4.79 Å². The van der Waals surface area contributed by atoms with Crippen LogP contribution in [0, 0.1) is 5.92 Å². The second-order valence-electron chi connectivity index (χ2n) is 5.19. The average molecular weight is 295 g/mol. The van der Waals surface area contributed by atoms with Crippen molar-refractivity contribution in [1.29, 1.82) is 0 Å². The van der Waals surface area contributed by atoms with E-state index < -0.39 is 6.10 Å². The fourth-order valence-corrected chi connectivity index (χ4v) is 2.57. The van der Waals surface area contributed by atoms with Crippen molar-refractivity contribution in [2.75, 3.05) is 20.3 Å². The first-order chi connectivity index (χ1) is 10.1. The highest BCUT2D eigenvalue weighted by atomic mass is 16.5. The molecule has 0 aromatic heterocycles. The third-order valence-electron chi connectivity index (χ3n) is 3.68. The van der Waals surface area contributed by atoms with Gasteiger partial charge in [0.2, 0.25) is 0 Å². The van der Waals surface area contributed by atoms with Crippen LogP contribution in [0.3, 0.4) is 0 Å². The summed E-state index contributed by atoms with van der Waals surface area (Å²) >= 11 is 0. The lowest BCUT2D eigenvalue weighted by molar-refractivity contribution is -0.123. The zero-order valence-electron chi connectivity index (χ0n) is 12.0. The van der Waals surface area contributed by atoms with E-state index in [2.05, 4.69) is 5.32 Å². The molecular formula is C15H21NO5. The predicted octanol–water partition coefficient (Wildman–Crippen LogP) is 0.322.